The van der Waals surface area contributed by atoms with Crippen molar-refractivity contribution < 1.29 is 9.47 Å². The number of rotatable bonds is 7. The van der Waals surface area contributed by atoms with E-state index in [0.717, 1.165) is 23.3 Å². The van der Waals surface area contributed by atoms with E-state index in [1.807, 2.05) is 12.1 Å². The first-order chi connectivity index (χ1) is 9.72. The van der Waals surface area contributed by atoms with Gasteiger partial charge in [0.1, 0.15) is 11.5 Å². The molecule has 2 saturated carbocycles. The summed E-state index contributed by atoms with van der Waals surface area (Å²) < 4.78 is 10.8. The van der Waals surface area contributed by atoms with Gasteiger partial charge in [-0.2, -0.15) is 0 Å². The van der Waals surface area contributed by atoms with Gasteiger partial charge in [-0.25, -0.2) is 0 Å². The van der Waals surface area contributed by atoms with E-state index >= 15 is 0 Å². The Hall–Kier alpha value is -1.22. The van der Waals surface area contributed by atoms with Crippen molar-refractivity contribution in [2.75, 3.05) is 14.2 Å². The maximum atomic E-state index is 5.52. The van der Waals surface area contributed by atoms with Gasteiger partial charge in [-0.1, -0.05) is 6.07 Å². The molecule has 0 saturated heterocycles. The number of nitrogens with one attached hydrogen (secondary N) is 1. The molecule has 110 valence electrons. The van der Waals surface area contributed by atoms with Crippen LogP contribution < -0.4 is 14.8 Å². The normalized spacial score (nSPS) is 20.0. The fraction of sp³-hybridized carbons (Fsp3) is 0.647. The Morgan fingerprint density at radius 1 is 1.05 bits per heavy atom. The smallest absolute Gasteiger partial charge is 0.127 e. The van der Waals surface area contributed by atoms with Crippen molar-refractivity contribution in [2.45, 2.75) is 44.7 Å². The lowest BCUT2D eigenvalue weighted by Gasteiger charge is -2.25. The molecule has 0 amide bonds. The summed E-state index contributed by atoms with van der Waals surface area (Å²) in [4.78, 5) is 0. The summed E-state index contributed by atoms with van der Waals surface area (Å²) in [6.45, 7) is 2.24. The Labute approximate surface area is 121 Å². The van der Waals surface area contributed by atoms with Gasteiger partial charge < -0.3 is 14.8 Å². The van der Waals surface area contributed by atoms with Gasteiger partial charge in [-0.05, 0) is 50.5 Å². The molecular weight excluding hydrogens is 250 g/mol. The second kappa shape index (κ2) is 5.65. The molecule has 0 aromatic heterocycles. The Kier molecular flexibility index (Phi) is 3.88. The highest BCUT2D eigenvalue weighted by Crippen LogP contribution is 2.45. The zero-order chi connectivity index (χ0) is 14.1. The molecule has 1 atom stereocenters. The summed E-state index contributed by atoms with van der Waals surface area (Å²) in [5.74, 6) is 3.58. The third-order valence-electron chi connectivity index (χ3n) is 4.61. The molecule has 3 rings (SSSR count). The van der Waals surface area contributed by atoms with E-state index in [1.165, 1.54) is 31.2 Å². The minimum absolute atomic E-state index is 0.321. The quantitative estimate of drug-likeness (QED) is 0.825. The SMILES string of the molecule is COc1ccc(C(C)NC(C2CC2)C2CC2)c(OC)c1. The van der Waals surface area contributed by atoms with Gasteiger partial charge in [-0.15, -0.1) is 0 Å². The van der Waals surface area contributed by atoms with Gasteiger partial charge in [0.2, 0.25) is 0 Å². The van der Waals surface area contributed by atoms with Crippen LogP contribution in [0.4, 0.5) is 0 Å². The molecule has 0 radical (unpaired) electrons. The average Bonchev–Trinajstić information content (AvgIpc) is 3.36. The molecule has 2 aliphatic rings. The van der Waals surface area contributed by atoms with Crippen molar-refractivity contribution in [2.24, 2.45) is 11.8 Å². The van der Waals surface area contributed by atoms with E-state index in [9.17, 15) is 0 Å². The van der Waals surface area contributed by atoms with Crippen LogP contribution in [0.15, 0.2) is 18.2 Å². The van der Waals surface area contributed by atoms with Gasteiger partial charge in [0.05, 0.1) is 14.2 Å². The molecule has 0 spiro atoms. The molecular formula is C17H25NO2. The molecule has 1 unspecified atom stereocenters. The second-order valence-corrected chi connectivity index (χ2v) is 6.20. The lowest BCUT2D eigenvalue weighted by molar-refractivity contribution is 0.358. The predicted molar refractivity (Wildman–Crippen MR) is 80.3 cm³/mol. The zero-order valence-electron chi connectivity index (χ0n) is 12.7. The van der Waals surface area contributed by atoms with Crippen molar-refractivity contribution in [3.63, 3.8) is 0 Å². The summed E-state index contributed by atoms with van der Waals surface area (Å²) >= 11 is 0. The van der Waals surface area contributed by atoms with Crippen LogP contribution in [0, 0.1) is 11.8 Å². The zero-order valence-corrected chi connectivity index (χ0v) is 12.7. The third kappa shape index (κ3) is 2.93. The van der Waals surface area contributed by atoms with E-state index in [2.05, 4.69) is 18.3 Å². The summed E-state index contributed by atoms with van der Waals surface area (Å²) in [6, 6.07) is 7.13. The number of methoxy groups -OCH3 is 2. The number of hydrogen-bond acceptors (Lipinski definition) is 3. The molecule has 3 nitrogen and oxygen atoms in total. The third-order valence-corrected chi connectivity index (χ3v) is 4.61. The lowest BCUT2D eigenvalue weighted by Crippen LogP contribution is -2.35. The second-order valence-electron chi connectivity index (χ2n) is 6.20. The van der Waals surface area contributed by atoms with E-state index in [4.69, 9.17) is 9.47 Å². The van der Waals surface area contributed by atoms with Gasteiger partial charge in [0, 0.05) is 23.7 Å². The first kappa shape index (κ1) is 13.7. The number of hydrogen-bond donors (Lipinski definition) is 1. The highest BCUT2D eigenvalue weighted by molar-refractivity contribution is 5.42. The van der Waals surface area contributed by atoms with Crippen molar-refractivity contribution in [3.05, 3.63) is 23.8 Å². The number of ether oxygens (including phenoxy) is 2. The van der Waals surface area contributed by atoms with Crippen molar-refractivity contribution in [3.8, 4) is 11.5 Å². The summed E-state index contributed by atoms with van der Waals surface area (Å²) in [5, 5.41) is 3.85. The largest absolute Gasteiger partial charge is 0.497 e. The maximum Gasteiger partial charge on any atom is 0.127 e. The van der Waals surface area contributed by atoms with Crippen LogP contribution in [0.5, 0.6) is 11.5 Å². The Morgan fingerprint density at radius 3 is 2.20 bits per heavy atom. The van der Waals surface area contributed by atoms with Crippen LogP contribution in [0.2, 0.25) is 0 Å². The first-order valence-corrected chi connectivity index (χ1v) is 7.71. The minimum atomic E-state index is 0.321. The van der Waals surface area contributed by atoms with Crippen LogP contribution in [-0.2, 0) is 0 Å². The molecule has 0 aliphatic heterocycles. The molecule has 3 heteroatoms. The van der Waals surface area contributed by atoms with Gasteiger partial charge in [0.15, 0.2) is 0 Å². The molecule has 1 N–H and O–H groups in total. The van der Waals surface area contributed by atoms with Crippen molar-refractivity contribution in [1.29, 1.82) is 0 Å². The summed E-state index contributed by atoms with van der Waals surface area (Å²) in [6.07, 6.45) is 5.61. The molecule has 0 heterocycles. The summed E-state index contributed by atoms with van der Waals surface area (Å²) in [7, 11) is 3.41. The fourth-order valence-electron chi connectivity index (χ4n) is 3.12. The van der Waals surface area contributed by atoms with Crippen LogP contribution in [-0.4, -0.2) is 20.3 Å². The monoisotopic (exact) mass is 275 g/mol. The van der Waals surface area contributed by atoms with Gasteiger partial charge in [0.25, 0.3) is 0 Å². The van der Waals surface area contributed by atoms with E-state index in [-0.39, 0.29) is 0 Å². The standard InChI is InChI=1S/C17H25NO2/c1-11(18-17(12-4-5-12)13-6-7-13)15-9-8-14(19-2)10-16(15)20-3/h8-13,17-18H,4-7H2,1-3H3. The molecule has 1 aromatic rings. The minimum Gasteiger partial charge on any atom is -0.497 e. The fourth-order valence-corrected chi connectivity index (χ4v) is 3.12. The molecule has 2 fully saturated rings. The van der Waals surface area contributed by atoms with Crippen LogP contribution in [0.3, 0.4) is 0 Å². The van der Waals surface area contributed by atoms with E-state index < -0.39 is 0 Å². The summed E-state index contributed by atoms with van der Waals surface area (Å²) in [5.41, 5.74) is 1.22. The Bertz CT molecular complexity index is 454. The van der Waals surface area contributed by atoms with E-state index in [0.29, 0.717) is 12.1 Å². The number of benzene rings is 1. The molecule has 0 bridgehead atoms. The first-order valence-electron chi connectivity index (χ1n) is 7.71. The predicted octanol–water partition coefficient (Wildman–Crippen LogP) is 3.54. The highest BCUT2D eigenvalue weighted by atomic mass is 16.5. The van der Waals surface area contributed by atoms with E-state index in [1.54, 1.807) is 14.2 Å². The van der Waals surface area contributed by atoms with Crippen LogP contribution >= 0.6 is 0 Å². The molecule has 1 aromatic carbocycles. The van der Waals surface area contributed by atoms with Crippen LogP contribution in [0.1, 0.15) is 44.2 Å². The van der Waals surface area contributed by atoms with Crippen LogP contribution in [0.25, 0.3) is 0 Å². The molecule has 20 heavy (non-hydrogen) atoms. The van der Waals surface area contributed by atoms with Gasteiger partial charge in [-0.3, -0.25) is 0 Å². The highest BCUT2D eigenvalue weighted by Gasteiger charge is 2.41. The van der Waals surface area contributed by atoms with Crippen molar-refractivity contribution >= 4 is 0 Å². The average molecular weight is 275 g/mol. The maximum absolute atomic E-state index is 5.52. The van der Waals surface area contributed by atoms with Gasteiger partial charge >= 0.3 is 0 Å². The Morgan fingerprint density at radius 2 is 1.70 bits per heavy atom. The van der Waals surface area contributed by atoms with Crippen molar-refractivity contribution in [1.82, 2.24) is 5.32 Å². The topological polar surface area (TPSA) is 30.5 Å². The molecule has 2 aliphatic carbocycles. The lowest BCUT2D eigenvalue weighted by atomic mass is 10.0. The Balaban J connectivity index is 1.73.